The lowest BCUT2D eigenvalue weighted by molar-refractivity contribution is -0.130. The molecule has 6 nitrogen and oxygen atoms in total. The summed E-state index contributed by atoms with van der Waals surface area (Å²) in [4.78, 5) is 11.7. The number of rotatable bonds is 4. The fraction of sp³-hybridized carbons (Fsp3) is 0.417. The van der Waals surface area contributed by atoms with E-state index in [0.717, 1.165) is 18.4 Å². The molecule has 0 aromatic heterocycles. The summed E-state index contributed by atoms with van der Waals surface area (Å²) in [6.45, 7) is 0.963. The van der Waals surface area contributed by atoms with Crippen LogP contribution in [-0.2, 0) is 26.1 Å². The maximum Gasteiger partial charge on any atom is 0.249 e. The zero-order valence-corrected chi connectivity index (χ0v) is 11.2. The number of hydrogen-bond donors (Lipinski definition) is 2. The summed E-state index contributed by atoms with van der Waals surface area (Å²) in [5.41, 5.74) is 0.804. The van der Waals surface area contributed by atoms with E-state index in [1.165, 1.54) is 12.1 Å². The minimum atomic E-state index is -3.67. The number of hydrogen-bond acceptors (Lipinski definition) is 4. The molecule has 1 aliphatic heterocycles. The molecule has 1 saturated heterocycles. The third-order valence-electron chi connectivity index (χ3n) is 2.94. The van der Waals surface area contributed by atoms with E-state index in [1.54, 1.807) is 12.1 Å². The molecular formula is C12H16N2O4S. The largest absolute Gasteiger partial charge is 0.368 e. The highest BCUT2D eigenvalue weighted by molar-refractivity contribution is 7.89. The van der Waals surface area contributed by atoms with Gasteiger partial charge < -0.3 is 10.1 Å². The van der Waals surface area contributed by atoms with Crippen LogP contribution < -0.4 is 10.5 Å². The van der Waals surface area contributed by atoms with Crippen molar-refractivity contribution in [3.8, 4) is 0 Å². The van der Waals surface area contributed by atoms with E-state index in [4.69, 9.17) is 9.88 Å². The second kappa shape index (κ2) is 5.68. The van der Waals surface area contributed by atoms with Gasteiger partial charge in [0.25, 0.3) is 0 Å². The van der Waals surface area contributed by atoms with Crippen molar-refractivity contribution in [2.45, 2.75) is 30.4 Å². The van der Waals surface area contributed by atoms with Crippen LogP contribution in [0.5, 0.6) is 0 Å². The van der Waals surface area contributed by atoms with Crippen molar-refractivity contribution in [3.63, 3.8) is 0 Å². The third kappa shape index (κ3) is 3.76. The summed E-state index contributed by atoms with van der Waals surface area (Å²) in [6, 6.07) is 6.08. The Morgan fingerprint density at radius 2 is 2.05 bits per heavy atom. The highest BCUT2D eigenvalue weighted by Gasteiger charge is 2.22. The van der Waals surface area contributed by atoms with Crippen LogP contribution in [0.2, 0.25) is 0 Å². The van der Waals surface area contributed by atoms with Crippen LogP contribution in [0.25, 0.3) is 0 Å². The van der Waals surface area contributed by atoms with Gasteiger partial charge >= 0.3 is 0 Å². The number of nitrogens with one attached hydrogen (secondary N) is 1. The van der Waals surface area contributed by atoms with Crippen molar-refractivity contribution < 1.29 is 17.9 Å². The molecule has 2 rings (SSSR count). The topological polar surface area (TPSA) is 98.5 Å². The molecule has 0 unspecified atom stereocenters. The van der Waals surface area contributed by atoms with Crippen LogP contribution >= 0.6 is 0 Å². The first kappa shape index (κ1) is 14.0. The van der Waals surface area contributed by atoms with Gasteiger partial charge in [-0.25, -0.2) is 13.6 Å². The summed E-state index contributed by atoms with van der Waals surface area (Å²) in [5.74, 6) is -0.131. The number of amides is 1. The van der Waals surface area contributed by atoms with Crippen LogP contribution in [0.1, 0.15) is 18.4 Å². The van der Waals surface area contributed by atoms with Gasteiger partial charge in [0.1, 0.15) is 6.10 Å². The van der Waals surface area contributed by atoms with Crippen LogP contribution in [0, 0.1) is 0 Å². The maximum atomic E-state index is 11.7. The number of primary sulfonamides is 1. The van der Waals surface area contributed by atoms with E-state index < -0.39 is 10.0 Å². The van der Waals surface area contributed by atoms with Crippen molar-refractivity contribution >= 4 is 15.9 Å². The van der Waals surface area contributed by atoms with Gasteiger partial charge in [-0.15, -0.1) is 0 Å². The van der Waals surface area contributed by atoms with Gasteiger partial charge in [-0.3, -0.25) is 4.79 Å². The van der Waals surface area contributed by atoms with Crippen molar-refractivity contribution in [1.29, 1.82) is 0 Å². The number of carbonyl (C=O) groups excluding carboxylic acids is 1. The Morgan fingerprint density at radius 1 is 1.37 bits per heavy atom. The number of benzene rings is 1. The number of carbonyl (C=O) groups is 1. The summed E-state index contributed by atoms with van der Waals surface area (Å²) >= 11 is 0. The molecule has 7 heteroatoms. The highest BCUT2D eigenvalue weighted by atomic mass is 32.2. The number of ether oxygens (including phenoxy) is 1. The normalized spacial score (nSPS) is 19.3. The van der Waals surface area contributed by atoms with Crippen molar-refractivity contribution in [2.75, 3.05) is 6.61 Å². The lowest BCUT2D eigenvalue weighted by atomic mass is 10.2. The summed E-state index contributed by atoms with van der Waals surface area (Å²) in [5, 5.41) is 7.75. The molecule has 0 aliphatic carbocycles. The van der Waals surface area contributed by atoms with Crippen molar-refractivity contribution in [1.82, 2.24) is 5.32 Å². The first-order chi connectivity index (χ1) is 8.97. The van der Waals surface area contributed by atoms with Gasteiger partial charge in [0.15, 0.2) is 0 Å². The Kier molecular flexibility index (Phi) is 4.18. The average molecular weight is 284 g/mol. The number of sulfonamides is 1. The van der Waals surface area contributed by atoms with E-state index in [2.05, 4.69) is 5.32 Å². The summed E-state index contributed by atoms with van der Waals surface area (Å²) in [6.07, 6.45) is 1.29. The van der Waals surface area contributed by atoms with Crippen LogP contribution in [0.4, 0.5) is 0 Å². The maximum absolute atomic E-state index is 11.7. The monoisotopic (exact) mass is 284 g/mol. The van der Waals surface area contributed by atoms with Gasteiger partial charge in [0.05, 0.1) is 4.90 Å². The third-order valence-corrected chi connectivity index (χ3v) is 3.87. The Balaban J connectivity index is 1.91. The molecular weight excluding hydrogens is 268 g/mol. The minimum absolute atomic E-state index is 0.0571. The molecule has 1 fully saturated rings. The molecule has 3 N–H and O–H groups in total. The smallest absolute Gasteiger partial charge is 0.249 e. The first-order valence-corrected chi connectivity index (χ1v) is 7.52. The Labute approximate surface area is 112 Å². The van der Waals surface area contributed by atoms with Crippen molar-refractivity contribution in [3.05, 3.63) is 29.8 Å². The van der Waals surface area contributed by atoms with E-state index >= 15 is 0 Å². The molecule has 1 heterocycles. The molecule has 1 aromatic rings. The van der Waals surface area contributed by atoms with E-state index in [0.29, 0.717) is 13.2 Å². The SMILES string of the molecule is NS(=O)(=O)c1ccc(CNC(=O)[C@H]2CCCO2)cc1. The van der Waals surface area contributed by atoms with Crippen molar-refractivity contribution in [2.24, 2.45) is 5.14 Å². The zero-order chi connectivity index (χ0) is 13.9. The average Bonchev–Trinajstić information content (AvgIpc) is 2.89. The highest BCUT2D eigenvalue weighted by Crippen LogP contribution is 2.12. The van der Waals surface area contributed by atoms with Gasteiger partial charge in [0, 0.05) is 13.2 Å². The second-order valence-electron chi connectivity index (χ2n) is 4.41. The van der Waals surface area contributed by atoms with Gasteiger partial charge in [-0.1, -0.05) is 12.1 Å². The van der Waals surface area contributed by atoms with Gasteiger partial charge in [0.2, 0.25) is 15.9 Å². The molecule has 1 aliphatic rings. The second-order valence-corrected chi connectivity index (χ2v) is 5.97. The Morgan fingerprint density at radius 3 is 2.58 bits per heavy atom. The minimum Gasteiger partial charge on any atom is -0.368 e. The molecule has 104 valence electrons. The first-order valence-electron chi connectivity index (χ1n) is 5.98. The molecule has 0 saturated carbocycles. The molecule has 0 bridgehead atoms. The Bertz CT molecular complexity index is 548. The molecule has 1 atom stereocenters. The van der Waals surface area contributed by atoms with Crippen LogP contribution in [0.15, 0.2) is 29.2 Å². The van der Waals surface area contributed by atoms with Gasteiger partial charge in [-0.05, 0) is 30.5 Å². The lowest BCUT2D eigenvalue weighted by Gasteiger charge is -2.10. The fourth-order valence-corrected chi connectivity index (χ4v) is 2.40. The van der Waals surface area contributed by atoms with Gasteiger partial charge in [-0.2, -0.15) is 0 Å². The molecule has 1 amide bonds. The molecule has 1 aromatic carbocycles. The molecule has 0 radical (unpaired) electrons. The predicted octanol–water partition coefficient (Wildman–Crippen LogP) is 0.129. The molecule has 0 spiro atoms. The lowest BCUT2D eigenvalue weighted by Crippen LogP contribution is -2.33. The van der Waals surface area contributed by atoms with Crippen LogP contribution in [-0.4, -0.2) is 27.0 Å². The predicted molar refractivity (Wildman–Crippen MR) is 68.6 cm³/mol. The Hall–Kier alpha value is -1.44. The van der Waals surface area contributed by atoms with E-state index in [1.807, 2.05) is 0 Å². The molecule has 19 heavy (non-hydrogen) atoms. The fourth-order valence-electron chi connectivity index (χ4n) is 1.88. The zero-order valence-electron chi connectivity index (χ0n) is 10.3. The number of nitrogens with two attached hydrogens (primary N) is 1. The standard InChI is InChI=1S/C12H16N2O4S/c13-19(16,17)10-5-3-9(4-6-10)8-14-12(15)11-2-1-7-18-11/h3-6,11H,1-2,7-8H2,(H,14,15)(H2,13,16,17)/t11-/m1/s1. The van der Waals surface area contributed by atoms with Crippen LogP contribution in [0.3, 0.4) is 0 Å². The quantitative estimate of drug-likeness (QED) is 0.821. The summed E-state index contributed by atoms with van der Waals surface area (Å²) < 4.78 is 27.4. The van der Waals surface area contributed by atoms with E-state index in [-0.39, 0.29) is 16.9 Å². The van der Waals surface area contributed by atoms with E-state index in [9.17, 15) is 13.2 Å². The summed E-state index contributed by atoms with van der Waals surface area (Å²) in [7, 11) is -3.67.